The van der Waals surface area contributed by atoms with Gasteiger partial charge in [-0.1, -0.05) is 25.0 Å². The second-order valence-corrected chi connectivity index (χ2v) is 4.78. The first kappa shape index (κ1) is 11.6. The number of nitrogens with two attached hydrogens (primary N) is 1. The minimum absolute atomic E-state index is 0.127. The van der Waals surface area contributed by atoms with Gasteiger partial charge in [-0.25, -0.2) is 4.39 Å². The van der Waals surface area contributed by atoms with E-state index in [1.807, 2.05) is 12.1 Å². The molecular weight excluding hydrogens is 201 g/mol. The predicted octanol–water partition coefficient (Wildman–Crippen LogP) is 3.45. The number of halogens is 1. The van der Waals surface area contributed by atoms with Gasteiger partial charge in [-0.15, -0.1) is 0 Å². The monoisotopic (exact) mass is 221 g/mol. The zero-order valence-electron chi connectivity index (χ0n) is 9.66. The van der Waals surface area contributed by atoms with Crippen molar-refractivity contribution in [2.45, 2.75) is 38.0 Å². The summed E-state index contributed by atoms with van der Waals surface area (Å²) in [4.78, 5) is 0. The third-order valence-corrected chi connectivity index (χ3v) is 3.72. The van der Waals surface area contributed by atoms with Crippen molar-refractivity contribution in [3.05, 3.63) is 35.6 Å². The van der Waals surface area contributed by atoms with Crippen molar-refractivity contribution in [3.63, 3.8) is 0 Å². The van der Waals surface area contributed by atoms with Crippen LogP contribution in [0.2, 0.25) is 0 Å². The summed E-state index contributed by atoms with van der Waals surface area (Å²) >= 11 is 0. The molecule has 1 aliphatic rings. The summed E-state index contributed by atoms with van der Waals surface area (Å²) in [5, 5.41) is 0. The summed E-state index contributed by atoms with van der Waals surface area (Å²) in [5.74, 6) is 1.05. The van der Waals surface area contributed by atoms with Crippen molar-refractivity contribution < 1.29 is 4.39 Å². The lowest BCUT2D eigenvalue weighted by molar-refractivity contribution is 0.414. The molecule has 0 spiro atoms. The molecule has 2 N–H and O–H groups in total. The summed E-state index contributed by atoms with van der Waals surface area (Å²) < 4.78 is 13.2. The molecule has 0 aliphatic heterocycles. The molecule has 88 valence electrons. The summed E-state index contributed by atoms with van der Waals surface area (Å²) in [6.45, 7) is 0.692. The highest BCUT2D eigenvalue weighted by Crippen LogP contribution is 2.39. The highest BCUT2D eigenvalue weighted by atomic mass is 19.1. The summed E-state index contributed by atoms with van der Waals surface area (Å²) in [7, 11) is 0. The van der Waals surface area contributed by atoms with Gasteiger partial charge in [0.1, 0.15) is 5.82 Å². The molecule has 1 saturated carbocycles. The minimum Gasteiger partial charge on any atom is -0.330 e. The van der Waals surface area contributed by atoms with E-state index in [2.05, 4.69) is 0 Å². The fraction of sp³-hybridized carbons (Fsp3) is 0.571. The molecule has 1 aromatic rings. The first-order valence-corrected chi connectivity index (χ1v) is 6.27. The summed E-state index contributed by atoms with van der Waals surface area (Å²) in [6, 6.07) is 7.04. The Morgan fingerprint density at radius 1 is 1.31 bits per heavy atom. The van der Waals surface area contributed by atoms with E-state index in [-0.39, 0.29) is 5.82 Å². The van der Waals surface area contributed by atoms with Crippen molar-refractivity contribution in [3.8, 4) is 0 Å². The van der Waals surface area contributed by atoms with Crippen LogP contribution in [0.15, 0.2) is 24.3 Å². The van der Waals surface area contributed by atoms with Crippen LogP contribution in [0.3, 0.4) is 0 Å². The Morgan fingerprint density at radius 2 is 2.06 bits per heavy atom. The first-order chi connectivity index (χ1) is 7.81. The molecule has 1 atom stereocenters. The van der Waals surface area contributed by atoms with E-state index >= 15 is 0 Å². The second kappa shape index (κ2) is 5.44. The van der Waals surface area contributed by atoms with Gasteiger partial charge in [-0.05, 0) is 55.3 Å². The van der Waals surface area contributed by atoms with Gasteiger partial charge in [-0.3, -0.25) is 0 Å². The fourth-order valence-electron chi connectivity index (χ4n) is 2.95. The molecule has 0 radical (unpaired) electrons. The number of hydrogen-bond donors (Lipinski definition) is 1. The van der Waals surface area contributed by atoms with E-state index in [1.54, 1.807) is 6.07 Å². The molecule has 1 fully saturated rings. The van der Waals surface area contributed by atoms with Crippen molar-refractivity contribution in [2.75, 3.05) is 6.54 Å². The molecule has 0 heterocycles. The van der Waals surface area contributed by atoms with Gasteiger partial charge >= 0.3 is 0 Å². The molecule has 0 saturated heterocycles. The third-order valence-electron chi connectivity index (χ3n) is 3.72. The van der Waals surface area contributed by atoms with E-state index in [4.69, 9.17) is 5.73 Å². The average Bonchev–Trinajstić information content (AvgIpc) is 2.79. The quantitative estimate of drug-likeness (QED) is 0.828. The summed E-state index contributed by atoms with van der Waals surface area (Å²) in [5.41, 5.74) is 6.82. The lowest BCUT2D eigenvalue weighted by atomic mass is 9.82. The first-order valence-electron chi connectivity index (χ1n) is 6.27. The van der Waals surface area contributed by atoms with E-state index in [9.17, 15) is 4.39 Å². The largest absolute Gasteiger partial charge is 0.330 e. The lowest BCUT2D eigenvalue weighted by Gasteiger charge is -2.23. The number of rotatable bonds is 4. The molecule has 2 heteroatoms. The van der Waals surface area contributed by atoms with E-state index < -0.39 is 0 Å². The topological polar surface area (TPSA) is 26.0 Å². The number of benzene rings is 1. The van der Waals surface area contributed by atoms with Crippen LogP contribution in [0.4, 0.5) is 4.39 Å². The fourth-order valence-corrected chi connectivity index (χ4v) is 2.95. The van der Waals surface area contributed by atoms with Gasteiger partial charge in [0.15, 0.2) is 0 Å². The van der Waals surface area contributed by atoms with Crippen molar-refractivity contribution in [1.82, 2.24) is 0 Å². The minimum atomic E-state index is -0.127. The van der Waals surface area contributed by atoms with E-state index in [0.717, 1.165) is 12.0 Å². The van der Waals surface area contributed by atoms with Gasteiger partial charge < -0.3 is 5.73 Å². The Balaban J connectivity index is 2.17. The van der Waals surface area contributed by atoms with Crippen LogP contribution >= 0.6 is 0 Å². The van der Waals surface area contributed by atoms with Crippen LogP contribution in [-0.2, 0) is 0 Å². The Hall–Kier alpha value is -0.890. The van der Waals surface area contributed by atoms with Gasteiger partial charge in [0.2, 0.25) is 0 Å². The SMILES string of the molecule is NCCC(c1cccc(F)c1)C1CCCC1. The molecule has 1 aliphatic carbocycles. The standard InChI is InChI=1S/C14H20FN/c15-13-7-3-6-12(10-13)14(8-9-16)11-4-1-2-5-11/h3,6-7,10-11,14H,1-2,4-5,8-9,16H2. The molecule has 1 aromatic carbocycles. The number of hydrogen-bond acceptors (Lipinski definition) is 1. The Kier molecular flexibility index (Phi) is 3.94. The van der Waals surface area contributed by atoms with Crippen molar-refractivity contribution in [2.24, 2.45) is 11.7 Å². The molecule has 1 nitrogen and oxygen atoms in total. The van der Waals surface area contributed by atoms with Crippen LogP contribution < -0.4 is 5.73 Å². The van der Waals surface area contributed by atoms with Gasteiger partial charge in [0, 0.05) is 0 Å². The summed E-state index contributed by atoms with van der Waals surface area (Å²) in [6.07, 6.45) is 6.18. The zero-order valence-corrected chi connectivity index (χ0v) is 9.66. The maximum atomic E-state index is 13.2. The van der Waals surface area contributed by atoms with Crippen molar-refractivity contribution in [1.29, 1.82) is 0 Å². The van der Waals surface area contributed by atoms with Crippen molar-refractivity contribution >= 4 is 0 Å². The molecule has 1 unspecified atom stereocenters. The molecule has 0 bridgehead atoms. The van der Waals surface area contributed by atoms with E-state index in [0.29, 0.717) is 18.4 Å². The lowest BCUT2D eigenvalue weighted by Crippen LogP contribution is -2.15. The van der Waals surface area contributed by atoms with Crippen LogP contribution in [0.5, 0.6) is 0 Å². The van der Waals surface area contributed by atoms with Crippen LogP contribution in [-0.4, -0.2) is 6.54 Å². The Labute approximate surface area is 96.9 Å². The van der Waals surface area contributed by atoms with Gasteiger partial charge in [-0.2, -0.15) is 0 Å². The molecule has 0 aromatic heterocycles. The second-order valence-electron chi connectivity index (χ2n) is 4.78. The smallest absolute Gasteiger partial charge is 0.123 e. The zero-order chi connectivity index (χ0) is 11.4. The molecule has 2 rings (SSSR count). The third kappa shape index (κ3) is 2.62. The predicted molar refractivity (Wildman–Crippen MR) is 64.8 cm³/mol. The Bertz CT molecular complexity index is 331. The maximum Gasteiger partial charge on any atom is 0.123 e. The van der Waals surface area contributed by atoms with Crippen LogP contribution in [0, 0.1) is 11.7 Å². The molecule has 16 heavy (non-hydrogen) atoms. The Morgan fingerprint density at radius 3 is 2.69 bits per heavy atom. The normalized spacial score (nSPS) is 18.9. The highest BCUT2D eigenvalue weighted by molar-refractivity contribution is 5.21. The van der Waals surface area contributed by atoms with Gasteiger partial charge in [0.25, 0.3) is 0 Å². The van der Waals surface area contributed by atoms with Crippen LogP contribution in [0.1, 0.15) is 43.6 Å². The molecule has 0 amide bonds. The maximum absolute atomic E-state index is 13.2. The average molecular weight is 221 g/mol. The molecular formula is C14H20FN. The highest BCUT2D eigenvalue weighted by Gasteiger charge is 2.25. The van der Waals surface area contributed by atoms with Gasteiger partial charge in [0.05, 0.1) is 0 Å². The van der Waals surface area contributed by atoms with E-state index in [1.165, 1.54) is 31.7 Å². The van der Waals surface area contributed by atoms with Crippen LogP contribution in [0.25, 0.3) is 0 Å².